The van der Waals surface area contributed by atoms with E-state index < -0.39 is 0 Å². The lowest BCUT2D eigenvalue weighted by molar-refractivity contribution is 0.00578. The molecule has 1 aliphatic heterocycles. The van der Waals surface area contributed by atoms with Gasteiger partial charge in [-0.25, -0.2) is 0 Å². The van der Waals surface area contributed by atoms with Crippen LogP contribution in [0.25, 0.3) is 0 Å². The molecule has 1 saturated carbocycles. The third-order valence-corrected chi connectivity index (χ3v) is 4.82. The highest BCUT2D eigenvalue weighted by Gasteiger charge is 2.52. The molecule has 2 fully saturated rings. The van der Waals surface area contributed by atoms with E-state index in [1.165, 1.54) is 0 Å². The van der Waals surface area contributed by atoms with Crippen LogP contribution in [0.2, 0.25) is 0 Å². The first-order valence-electron chi connectivity index (χ1n) is 7.12. The van der Waals surface area contributed by atoms with E-state index >= 15 is 0 Å². The van der Waals surface area contributed by atoms with E-state index in [1.807, 2.05) is 44.8 Å². The quantitative estimate of drug-likeness (QED) is 0.769. The number of nitrogens with zero attached hydrogens (tertiary/aromatic N) is 3. The standard InChI is InChI=1S/C14H20BN3O2/c1-13(2)14(3,4)20-15(19-13)11-8-17-18(9-11)12-5-10(6-12)7-16/h8-10,12H,5-6H2,1-4H3. The van der Waals surface area contributed by atoms with Crippen molar-refractivity contribution in [1.82, 2.24) is 9.78 Å². The molecule has 3 rings (SSSR count). The van der Waals surface area contributed by atoms with Crippen molar-refractivity contribution in [2.24, 2.45) is 5.92 Å². The highest BCUT2D eigenvalue weighted by atomic mass is 16.7. The van der Waals surface area contributed by atoms with Crippen LogP contribution in [0.1, 0.15) is 46.6 Å². The Hall–Kier alpha value is -1.32. The zero-order chi connectivity index (χ0) is 14.5. The number of hydrogen-bond donors (Lipinski definition) is 0. The van der Waals surface area contributed by atoms with Crippen molar-refractivity contribution in [1.29, 1.82) is 5.26 Å². The molecule has 0 N–H and O–H groups in total. The molecule has 0 unspecified atom stereocenters. The van der Waals surface area contributed by atoms with E-state index in [0.29, 0.717) is 6.04 Å². The fraction of sp³-hybridized carbons (Fsp3) is 0.714. The fourth-order valence-electron chi connectivity index (χ4n) is 2.56. The Labute approximate surface area is 120 Å². The van der Waals surface area contributed by atoms with Gasteiger partial charge in [-0.1, -0.05) is 0 Å². The van der Waals surface area contributed by atoms with Gasteiger partial charge in [-0.15, -0.1) is 0 Å². The van der Waals surface area contributed by atoms with Gasteiger partial charge in [0.05, 0.1) is 29.2 Å². The number of rotatable bonds is 2. The first kappa shape index (κ1) is 13.7. The van der Waals surface area contributed by atoms with E-state index in [4.69, 9.17) is 14.6 Å². The van der Waals surface area contributed by atoms with Gasteiger partial charge in [0, 0.05) is 17.9 Å². The highest BCUT2D eigenvalue weighted by Crippen LogP contribution is 2.38. The number of aromatic nitrogens is 2. The second kappa shape index (κ2) is 4.34. The van der Waals surface area contributed by atoms with Crippen molar-refractivity contribution in [2.45, 2.75) is 57.8 Å². The average Bonchev–Trinajstić information content (AvgIpc) is 2.82. The first-order valence-corrected chi connectivity index (χ1v) is 7.12. The number of nitriles is 1. The molecule has 0 spiro atoms. The summed E-state index contributed by atoms with van der Waals surface area (Å²) >= 11 is 0. The summed E-state index contributed by atoms with van der Waals surface area (Å²) in [6, 6.07) is 2.64. The van der Waals surface area contributed by atoms with E-state index in [0.717, 1.165) is 18.3 Å². The van der Waals surface area contributed by atoms with Gasteiger partial charge in [-0.3, -0.25) is 4.68 Å². The SMILES string of the molecule is CC1(C)OB(c2cnn(C3CC(C#N)C3)c2)OC1(C)C. The molecule has 0 atom stereocenters. The van der Waals surface area contributed by atoms with Gasteiger partial charge in [0.1, 0.15) is 0 Å². The van der Waals surface area contributed by atoms with Gasteiger partial charge in [0.25, 0.3) is 0 Å². The second-order valence-corrected chi connectivity index (χ2v) is 6.79. The van der Waals surface area contributed by atoms with Gasteiger partial charge in [0.2, 0.25) is 0 Å². The van der Waals surface area contributed by atoms with Crippen molar-refractivity contribution in [3.63, 3.8) is 0 Å². The molecule has 2 heterocycles. The van der Waals surface area contributed by atoms with Crippen LogP contribution in [0, 0.1) is 17.2 Å². The first-order chi connectivity index (χ1) is 9.32. The lowest BCUT2D eigenvalue weighted by atomic mass is 9.80. The molecule has 0 aromatic carbocycles. The molecular weight excluding hydrogens is 253 g/mol. The average molecular weight is 273 g/mol. The molecule has 106 valence electrons. The lowest BCUT2D eigenvalue weighted by Gasteiger charge is -2.32. The summed E-state index contributed by atoms with van der Waals surface area (Å²) in [4.78, 5) is 0. The Morgan fingerprint density at radius 3 is 2.45 bits per heavy atom. The minimum absolute atomic E-state index is 0.185. The molecule has 1 aromatic rings. The second-order valence-electron chi connectivity index (χ2n) is 6.79. The molecule has 6 heteroatoms. The number of hydrogen-bond acceptors (Lipinski definition) is 4. The molecule has 1 saturated heterocycles. The molecule has 0 bridgehead atoms. The van der Waals surface area contributed by atoms with Crippen molar-refractivity contribution in [3.05, 3.63) is 12.4 Å². The van der Waals surface area contributed by atoms with Crippen LogP contribution < -0.4 is 5.46 Å². The smallest absolute Gasteiger partial charge is 0.399 e. The van der Waals surface area contributed by atoms with Crippen LogP contribution in [0.15, 0.2) is 12.4 Å². The molecule has 20 heavy (non-hydrogen) atoms. The Bertz CT molecular complexity index is 539. The fourth-order valence-corrected chi connectivity index (χ4v) is 2.56. The minimum atomic E-state index is -0.361. The normalized spacial score (nSPS) is 30.9. The molecule has 0 amide bonds. The van der Waals surface area contributed by atoms with E-state index in [1.54, 1.807) is 0 Å². The van der Waals surface area contributed by atoms with Crippen LogP contribution in [-0.2, 0) is 9.31 Å². The van der Waals surface area contributed by atoms with Gasteiger partial charge in [-0.2, -0.15) is 10.4 Å². The summed E-state index contributed by atoms with van der Waals surface area (Å²) in [5, 5.41) is 13.2. The van der Waals surface area contributed by atoms with Crippen molar-refractivity contribution < 1.29 is 9.31 Å². The van der Waals surface area contributed by atoms with Gasteiger partial charge in [0.15, 0.2) is 0 Å². The summed E-state index contributed by atoms with van der Waals surface area (Å²) in [6.07, 6.45) is 5.57. The van der Waals surface area contributed by atoms with Crippen molar-refractivity contribution in [3.8, 4) is 6.07 Å². The maximum Gasteiger partial charge on any atom is 0.498 e. The molecular formula is C14H20BN3O2. The largest absolute Gasteiger partial charge is 0.498 e. The van der Waals surface area contributed by atoms with Crippen molar-refractivity contribution in [2.75, 3.05) is 0 Å². The topological polar surface area (TPSA) is 60.1 Å². The molecule has 2 aliphatic rings. The third-order valence-electron chi connectivity index (χ3n) is 4.82. The monoisotopic (exact) mass is 273 g/mol. The highest BCUT2D eigenvalue weighted by molar-refractivity contribution is 6.61. The Balaban J connectivity index is 1.71. The Kier molecular flexibility index (Phi) is 2.96. The molecule has 1 aliphatic carbocycles. The van der Waals surface area contributed by atoms with Crippen LogP contribution >= 0.6 is 0 Å². The molecule has 5 nitrogen and oxygen atoms in total. The van der Waals surface area contributed by atoms with E-state index in [-0.39, 0.29) is 24.2 Å². The van der Waals surface area contributed by atoms with Crippen LogP contribution in [0.4, 0.5) is 0 Å². The van der Waals surface area contributed by atoms with E-state index in [9.17, 15) is 0 Å². The zero-order valence-electron chi connectivity index (χ0n) is 12.5. The van der Waals surface area contributed by atoms with Crippen molar-refractivity contribution >= 4 is 12.6 Å². The maximum atomic E-state index is 8.82. The maximum absolute atomic E-state index is 8.82. The Morgan fingerprint density at radius 1 is 1.30 bits per heavy atom. The van der Waals surface area contributed by atoms with Gasteiger partial charge < -0.3 is 9.31 Å². The molecule has 0 radical (unpaired) electrons. The van der Waals surface area contributed by atoms with E-state index in [2.05, 4.69) is 11.2 Å². The van der Waals surface area contributed by atoms with Gasteiger partial charge >= 0.3 is 7.12 Å². The van der Waals surface area contributed by atoms with Crippen LogP contribution in [-0.4, -0.2) is 28.1 Å². The summed E-state index contributed by atoms with van der Waals surface area (Å²) in [5.41, 5.74) is 0.286. The van der Waals surface area contributed by atoms with Crippen LogP contribution in [0.5, 0.6) is 0 Å². The predicted molar refractivity (Wildman–Crippen MR) is 75.3 cm³/mol. The predicted octanol–water partition coefficient (Wildman–Crippen LogP) is 1.66. The third kappa shape index (κ3) is 2.06. The Morgan fingerprint density at radius 2 is 1.90 bits per heavy atom. The lowest BCUT2D eigenvalue weighted by Crippen LogP contribution is -2.41. The summed E-state index contributed by atoms with van der Waals surface area (Å²) in [5.74, 6) is 0.185. The van der Waals surface area contributed by atoms with Crippen LogP contribution in [0.3, 0.4) is 0 Å². The summed E-state index contributed by atoms with van der Waals surface area (Å²) < 4.78 is 14.0. The minimum Gasteiger partial charge on any atom is -0.399 e. The molecule has 1 aromatic heterocycles. The summed E-state index contributed by atoms with van der Waals surface area (Å²) in [6.45, 7) is 8.17. The zero-order valence-corrected chi connectivity index (χ0v) is 12.5. The summed E-state index contributed by atoms with van der Waals surface area (Å²) in [7, 11) is -0.361. The van der Waals surface area contributed by atoms with Gasteiger partial charge in [-0.05, 0) is 40.5 Å².